The number of phenolic OH excluding ortho intramolecular Hbond substituents is 1. The molecule has 0 aromatic heterocycles. The maximum Gasteiger partial charge on any atom is 0.262 e. The Hall–Kier alpha value is -4.66. The number of phenols is 1. The number of carbonyl (C=O) groups excluding carboxylic acids is 4. The lowest BCUT2D eigenvalue weighted by Crippen LogP contribution is -2.44. The molecule has 1 aliphatic heterocycles. The van der Waals surface area contributed by atoms with Crippen molar-refractivity contribution in [2.75, 3.05) is 19.0 Å². The predicted molar refractivity (Wildman–Crippen MR) is 132 cm³/mol. The first-order valence-corrected chi connectivity index (χ1v) is 11.2. The Morgan fingerprint density at radius 2 is 1.56 bits per heavy atom. The van der Waals surface area contributed by atoms with Gasteiger partial charge in [0.25, 0.3) is 17.7 Å². The highest BCUT2D eigenvalue weighted by molar-refractivity contribution is 6.22. The van der Waals surface area contributed by atoms with Crippen molar-refractivity contribution in [1.29, 1.82) is 0 Å². The van der Waals surface area contributed by atoms with Crippen LogP contribution in [0.2, 0.25) is 0 Å². The largest absolute Gasteiger partial charge is 0.504 e. The molecule has 1 aliphatic rings. The standard InChI is InChI=1S/C27H25N3O6/c1-15-7-6-8-16(2)23(15)29-25(33)24(17-11-12-20(31)21(13-17)36-3)28-22(32)14-30-26(34)18-9-4-5-10-19(18)27(30)35/h4-13,24,31H,14H2,1-3H3,(H,28,32)(H,29,33)/t24-/m1/s1. The van der Waals surface area contributed by atoms with Crippen LogP contribution in [-0.4, -0.2) is 47.3 Å². The lowest BCUT2D eigenvalue weighted by Gasteiger charge is -2.22. The van der Waals surface area contributed by atoms with Crippen LogP contribution in [0.1, 0.15) is 43.4 Å². The number of ether oxygens (including phenoxy) is 1. The normalized spacial score (nSPS) is 13.2. The molecule has 4 rings (SSSR count). The maximum absolute atomic E-state index is 13.4. The molecule has 3 aromatic carbocycles. The molecule has 9 nitrogen and oxygen atoms in total. The molecule has 184 valence electrons. The van der Waals surface area contributed by atoms with Crippen molar-refractivity contribution in [3.05, 3.63) is 88.5 Å². The van der Waals surface area contributed by atoms with Gasteiger partial charge in [0.1, 0.15) is 12.6 Å². The molecule has 0 saturated carbocycles. The van der Waals surface area contributed by atoms with Crippen molar-refractivity contribution >= 4 is 29.3 Å². The number of fused-ring (bicyclic) bond motifs is 1. The van der Waals surface area contributed by atoms with Gasteiger partial charge in [-0.3, -0.25) is 24.1 Å². The van der Waals surface area contributed by atoms with E-state index in [1.54, 1.807) is 12.1 Å². The molecule has 0 spiro atoms. The van der Waals surface area contributed by atoms with E-state index in [-0.39, 0.29) is 22.6 Å². The van der Waals surface area contributed by atoms with Crippen LogP contribution in [0.15, 0.2) is 60.7 Å². The van der Waals surface area contributed by atoms with Gasteiger partial charge in [-0.15, -0.1) is 0 Å². The number of aryl methyl sites for hydroxylation is 2. The molecule has 0 fully saturated rings. The van der Waals surface area contributed by atoms with E-state index in [0.29, 0.717) is 11.3 Å². The van der Waals surface area contributed by atoms with Crippen molar-refractivity contribution in [2.24, 2.45) is 0 Å². The van der Waals surface area contributed by atoms with Crippen molar-refractivity contribution in [3.63, 3.8) is 0 Å². The lowest BCUT2D eigenvalue weighted by molar-refractivity contribution is -0.126. The molecule has 1 atom stereocenters. The number of rotatable bonds is 7. The summed E-state index contributed by atoms with van der Waals surface area (Å²) in [5.41, 5.74) is 3.06. The van der Waals surface area contributed by atoms with Gasteiger partial charge < -0.3 is 20.5 Å². The third-order valence-corrected chi connectivity index (χ3v) is 6.01. The number of carbonyl (C=O) groups is 4. The zero-order chi connectivity index (χ0) is 26.0. The van der Waals surface area contributed by atoms with Gasteiger partial charge >= 0.3 is 0 Å². The Morgan fingerprint density at radius 3 is 2.14 bits per heavy atom. The van der Waals surface area contributed by atoms with Crippen LogP contribution in [0.25, 0.3) is 0 Å². The summed E-state index contributed by atoms with van der Waals surface area (Å²) >= 11 is 0. The number of benzene rings is 3. The molecule has 1 heterocycles. The van der Waals surface area contributed by atoms with Crippen LogP contribution in [0, 0.1) is 13.8 Å². The van der Waals surface area contributed by atoms with E-state index in [4.69, 9.17) is 4.74 Å². The van der Waals surface area contributed by atoms with Crippen molar-refractivity contribution in [2.45, 2.75) is 19.9 Å². The number of anilines is 1. The first kappa shape index (κ1) is 24.5. The van der Waals surface area contributed by atoms with Gasteiger partial charge in [0.15, 0.2) is 11.5 Å². The summed E-state index contributed by atoms with van der Waals surface area (Å²) in [6, 6.07) is 15.0. The molecule has 0 radical (unpaired) electrons. The number of hydrogen-bond acceptors (Lipinski definition) is 6. The highest BCUT2D eigenvalue weighted by Gasteiger charge is 2.37. The second kappa shape index (κ2) is 9.91. The van der Waals surface area contributed by atoms with Gasteiger partial charge in [0.05, 0.1) is 18.2 Å². The van der Waals surface area contributed by atoms with Gasteiger partial charge in [-0.05, 0) is 54.8 Å². The van der Waals surface area contributed by atoms with E-state index >= 15 is 0 Å². The maximum atomic E-state index is 13.4. The third-order valence-electron chi connectivity index (χ3n) is 6.01. The minimum absolute atomic E-state index is 0.118. The summed E-state index contributed by atoms with van der Waals surface area (Å²) in [6.45, 7) is 3.14. The average Bonchev–Trinajstić information content (AvgIpc) is 3.10. The molecule has 0 saturated heterocycles. The highest BCUT2D eigenvalue weighted by Crippen LogP contribution is 2.30. The van der Waals surface area contributed by atoms with Crippen LogP contribution in [0.5, 0.6) is 11.5 Å². The van der Waals surface area contributed by atoms with E-state index in [2.05, 4.69) is 10.6 Å². The van der Waals surface area contributed by atoms with Gasteiger partial charge in [-0.1, -0.05) is 36.4 Å². The molecular weight excluding hydrogens is 462 g/mol. The van der Waals surface area contributed by atoms with E-state index in [1.165, 1.54) is 37.4 Å². The van der Waals surface area contributed by atoms with Crippen LogP contribution in [0.4, 0.5) is 5.69 Å². The predicted octanol–water partition coefficient (Wildman–Crippen LogP) is 3.11. The molecular formula is C27H25N3O6. The number of imide groups is 1. The minimum atomic E-state index is -1.21. The lowest BCUT2D eigenvalue weighted by atomic mass is 10.0. The molecule has 3 aromatic rings. The van der Waals surface area contributed by atoms with E-state index in [1.807, 2.05) is 32.0 Å². The molecule has 0 bridgehead atoms. The Balaban J connectivity index is 1.60. The summed E-state index contributed by atoms with van der Waals surface area (Å²) in [4.78, 5) is 52.6. The molecule has 0 unspecified atom stereocenters. The van der Waals surface area contributed by atoms with Crippen LogP contribution < -0.4 is 15.4 Å². The summed E-state index contributed by atoms with van der Waals surface area (Å²) in [7, 11) is 1.37. The van der Waals surface area contributed by atoms with Crippen LogP contribution in [-0.2, 0) is 9.59 Å². The Kier molecular flexibility index (Phi) is 6.73. The first-order valence-electron chi connectivity index (χ1n) is 11.2. The minimum Gasteiger partial charge on any atom is -0.504 e. The van der Waals surface area contributed by atoms with Gasteiger partial charge in [0.2, 0.25) is 5.91 Å². The average molecular weight is 488 g/mol. The summed E-state index contributed by atoms with van der Waals surface area (Å²) < 4.78 is 5.16. The number of methoxy groups -OCH3 is 1. The fraction of sp³-hybridized carbons (Fsp3) is 0.185. The van der Waals surface area contributed by atoms with E-state index < -0.39 is 36.2 Å². The summed E-state index contributed by atoms with van der Waals surface area (Å²) in [6.07, 6.45) is 0. The Labute approximate surface area is 207 Å². The van der Waals surface area contributed by atoms with Crippen molar-refractivity contribution < 1.29 is 29.0 Å². The summed E-state index contributed by atoms with van der Waals surface area (Å²) in [5.74, 6) is -2.42. The molecule has 9 heteroatoms. The number of aromatic hydroxyl groups is 1. The first-order chi connectivity index (χ1) is 17.2. The zero-order valence-corrected chi connectivity index (χ0v) is 20.0. The number of amides is 4. The van der Waals surface area contributed by atoms with Crippen LogP contribution >= 0.6 is 0 Å². The number of nitrogens with zero attached hydrogens (tertiary/aromatic N) is 1. The fourth-order valence-corrected chi connectivity index (χ4v) is 4.11. The molecule has 4 amide bonds. The monoisotopic (exact) mass is 487 g/mol. The zero-order valence-electron chi connectivity index (χ0n) is 20.0. The second-order valence-electron chi connectivity index (χ2n) is 8.43. The smallest absolute Gasteiger partial charge is 0.262 e. The Morgan fingerprint density at radius 1 is 0.944 bits per heavy atom. The molecule has 36 heavy (non-hydrogen) atoms. The van der Waals surface area contributed by atoms with Gasteiger partial charge in [-0.25, -0.2) is 0 Å². The van der Waals surface area contributed by atoms with E-state index in [9.17, 15) is 24.3 Å². The SMILES string of the molecule is COc1cc([C@@H](NC(=O)CN2C(=O)c3ccccc3C2=O)C(=O)Nc2c(C)cccc2C)ccc1O. The Bertz CT molecular complexity index is 1330. The van der Waals surface area contributed by atoms with Crippen molar-refractivity contribution in [3.8, 4) is 11.5 Å². The number of nitrogens with one attached hydrogen (secondary N) is 2. The summed E-state index contributed by atoms with van der Waals surface area (Å²) in [5, 5.41) is 15.5. The van der Waals surface area contributed by atoms with Gasteiger partial charge in [0, 0.05) is 5.69 Å². The fourth-order valence-electron chi connectivity index (χ4n) is 4.11. The topological polar surface area (TPSA) is 125 Å². The van der Waals surface area contributed by atoms with Crippen LogP contribution in [0.3, 0.4) is 0 Å². The highest BCUT2D eigenvalue weighted by atomic mass is 16.5. The quantitative estimate of drug-likeness (QED) is 0.440. The third kappa shape index (κ3) is 4.63. The molecule has 0 aliphatic carbocycles. The molecule has 3 N–H and O–H groups in total. The second-order valence-corrected chi connectivity index (χ2v) is 8.43. The van der Waals surface area contributed by atoms with E-state index in [0.717, 1.165) is 16.0 Å². The number of hydrogen-bond donors (Lipinski definition) is 3. The number of para-hydroxylation sites is 1. The van der Waals surface area contributed by atoms with Gasteiger partial charge in [-0.2, -0.15) is 0 Å². The van der Waals surface area contributed by atoms with Crippen molar-refractivity contribution in [1.82, 2.24) is 10.2 Å².